The molecule has 0 fully saturated rings. The van der Waals surface area contributed by atoms with Gasteiger partial charge in [0.1, 0.15) is 5.00 Å². The Kier molecular flexibility index (Phi) is 3.12. The van der Waals surface area contributed by atoms with Gasteiger partial charge in [0, 0.05) is 6.07 Å². The van der Waals surface area contributed by atoms with E-state index in [9.17, 15) is 0 Å². The molecule has 86 valence electrons. The van der Waals surface area contributed by atoms with E-state index in [1.807, 2.05) is 6.07 Å². The molecule has 0 radical (unpaired) electrons. The number of nitrogens with zero attached hydrogens (tertiary/aromatic N) is 2. The zero-order valence-corrected chi connectivity index (χ0v) is 9.82. The van der Waals surface area contributed by atoms with Gasteiger partial charge in [0.15, 0.2) is 11.5 Å². The number of aromatic nitrogens is 1. The highest BCUT2D eigenvalue weighted by Gasteiger charge is 2.09. The summed E-state index contributed by atoms with van der Waals surface area (Å²) in [4.78, 5) is 3.98. The van der Waals surface area contributed by atoms with E-state index in [2.05, 4.69) is 4.98 Å². The van der Waals surface area contributed by atoms with Crippen LogP contribution >= 0.6 is 11.3 Å². The van der Waals surface area contributed by atoms with Crippen LogP contribution in [0.3, 0.4) is 0 Å². The fourth-order valence-corrected chi connectivity index (χ4v) is 1.78. The molecule has 1 aromatic heterocycles. The topological polar surface area (TPSA) is 81.2 Å². The molecule has 2 N–H and O–H groups in total. The van der Waals surface area contributed by atoms with E-state index in [0.29, 0.717) is 27.3 Å². The molecule has 0 saturated carbocycles. The quantitative estimate of drug-likeness (QED) is 0.900. The van der Waals surface area contributed by atoms with Gasteiger partial charge in [-0.3, -0.25) is 0 Å². The minimum Gasteiger partial charge on any atom is -0.493 e. The molecular formula is C11H9N3O2S. The lowest BCUT2D eigenvalue weighted by Crippen LogP contribution is -1.90. The number of anilines is 1. The Hall–Kier alpha value is -2.26. The van der Waals surface area contributed by atoms with Crippen molar-refractivity contribution in [3.63, 3.8) is 0 Å². The van der Waals surface area contributed by atoms with Crippen molar-refractivity contribution < 1.29 is 9.47 Å². The second-order valence-electron chi connectivity index (χ2n) is 3.11. The zero-order valence-electron chi connectivity index (χ0n) is 9.01. The first-order valence-electron chi connectivity index (χ1n) is 4.70. The lowest BCUT2D eigenvalue weighted by Gasteiger charge is -2.07. The van der Waals surface area contributed by atoms with Gasteiger partial charge in [-0.2, -0.15) is 5.26 Å². The molecule has 2 rings (SSSR count). The average Bonchev–Trinajstić information content (AvgIpc) is 2.75. The Morgan fingerprint density at radius 2 is 2.24 bits per heavy atom. The highest BCUT2D eigenvalue weighted by Crippen LogP contribution is 2.34. The third-order valence-electron chi connectivity index (χ3n) is 1.99. The molecule has 0 amide bonds. The number of nitriles is 1. The van der Waals surface area contributed by atoms with Crippen LogP contribution in [-0.4, -0.2) is 12.1 Å². The van der Waals surface area contributed by atoms with Gasteiger partial charge in [-0.05, 0) is 12.1 Å². The summed E-state index contributed by atoms with van der Waals surface area (Å²) in [5, 5.41) is 9.78. The van der Waals surface area contributed by atoms with E-state index >= 15 is 0 Å². The van der Waals surface area contributed by atoms with Crippen LogP contribution in [0.15, 0.2) is 24.4 Å². The zero-order chi connectivity index (χ0) is 12.3. The first kappa shape index (κ1) is 11.2. The van der Waals surface area contributed by atoms with Crippen LogP contribution in [0.5, 0.6) is 16.7 Å². The minimum absolute atomic E-state index is 0.436. The second-order valence-corrected chi connectivity index (χ2v) is 4.13. The van der Waals surface area contributed by atoms with Crippen molar-refractivity contribution in [3.05, 3.63) is 30.0 Å². The molecule has 17 heavy (non-hydrogen) atoms. The number of nitrogens with two attached hydrogens (primary N) is 1. The third-order valence-corrected chi connectivity index (χ3v) is 2.70. The van der Waals surface area contributed by atoms with E-state index in [-0.39, 0.29) is 0 Å². The fourth-order valence-electron chi connectivity index (χ4n) is 1.23. The largest absolute Gasteiger partial charge is 0.493 e. The number of nitrogen functional groups attached to an aromatic ring is 1. The molecule has 6 heteroatoms. The molecule has 0 atom stereocenters. The highest BCUT2D eigenvalue weighted by molar-refractivity contribution is 7.17. The van der Waals surface area contributed by atoms with Crippen LogP contribution in [0.1, 0.15) is 5.56 Å². The van der Waals surface area contributed by atoms with Crippen LogP contribution in [-0.2, 0) is 0 Å². The smallest absolute Gasteiger partial charge is 0.280 e. The van der Waals surface area contributed by atoms with Crippen molar-refractivity contribution in [2.75, 3.05) is 12.8 Å². The Balaban J connectivity index is 2.30. The van der Waals surface area contributed by atoms with Crippen LogP contribution in [0.25, 0.3) is 0 Å². The number of hydrogen-bond donors (Lipinski definition) is 1. The minimum atomic E-state index is 0.436. The maximum absolute atomic E-state index is 8.77. The van der Waals surface area contributed by atoms with E-state index in [1.54, 1.807) is 18.2 Å². The van der Waals surface area contributed by atoms with E-state index < -0.39 is 0 Å². The summed E-state index contributed by atoms with van der Waals surface area (Å²) in [6, 6.07) is 6.94. The molecule has 0 aliphatic heterocycles. The molecule has 1 heterocycles. The maximum atomic E-state index is 8.77. The van der Waals surface area contributed by atoms with Crippen molar-refractivity contribution in [2.45, 2.75) is 0 Å². The van der Waals surface area contributed by atoms with Crippen molar-refractivity contribution in [2.24, 2.45) is 0 Å². The Morgan fingerprint density at radius 3 is 2.82 bits per heavy atom. The van der Waals surface area contributed by atoms with Crippen molar-refractivity contribution in [1.82, 2.24) is 4.98 Å². The van der Waals surface area contributed by atoms with Gasteiger partial charge < -0.3 is 15.2 Å². The number of ether oxygens (including phenoxy) is 2. The maximum Gasteiger partial charge on any atom is 0.280 e. The normalized spacial score (nSPS) is 9.65. The van der Waals surface area contributed by atoms with Crippen molar-refractivity contribution >= 4 is 16.3 Å². The molecule has 0 bridgehead atoms. The summed E-state index contributed by atoms with van der Waals surface area (Å²) in [7, 11) is 1.51. The van der Waals surface area contributed by atoms with Crippen LogP contribution in [0.2, 0.25) is 0 Å². The molecule has 0 unspecified atom stereocenters. The highest BCUT2D eigenvalue weighted by atomic mass is 32.1. The molecule has 1 aromatic carbocycles. The lowest BCUT2D eigenvalue weighted by molar-refractivity contribution is 0.378. The SMILES string of the molecule is COc1cc(C#N)ccc1Oc1ncc(N)s1. The van der Waals surface area contributed by atoms with Gasteiger partial charge in [-0.1, -0.05) is 11.3 Å². The van der Waals surface area contributed by atoms with Gasteiger partial charge in [-0.15, -0.1) is 0 Å². The number of hydrogen-bond acceptors (Lipinski definition) is 6. The summed E-state index contributed by atoms with van der Waals surface area (Å²) in [6.45, 7) is 0. The molecule has 2 aromatic rings. The third kappa shape index (κ3) is 2.46. The van der Waals surface area contributed by atoms with E-state index in [0.717, 1.165) is 0 Å². The summed E-state index contributed by atoms with van der Waals surface area (Å²) in [5.41, 5.74) is 6.06. The van der Waals surface area contributed by atoms with Gasteiger partial charge in [-0.25, -0.2) is 4.98 Å². The Labute approximate surface area is 102 Å². The second kappa shape index (κ2) is 4.72. The summed E-state index contributed by atoms with van der Waals surface area (Å²) < 4.78 is 10.7. The Morgan fingerprint density at radius 1 is 1.41 bits per heavy atom. The average molecular weight is 247 g/mol. The van der Waals surface area contributed by atoms with Crippen LogP contribution in [0.4, 0.5) is 5.00 Å². The van der Waals surface area contributed by atoms with Crippen molar-refractivity contribution in [1.29, 1.82) is 5.26 Å². The first-order valence-corrected chi connectivity index (χ1v) is 5.52. The molecule has 0 spiro atoms. The van der Waals surface area contributed by atoms with Gasteiger partial charge >= 0.3 is 0 Å². The first-order chi connectivity index (χ1) is 8.22. The summed E-state index contributed by atoms with van der Waals surface area (Å²) in [5.74, 6) is 0.985. The monoisotopic (exact) mass is 247 g/mol. The van der Waals surface area contributed by atoms with Gasteiger partial charge in [0.2, 0.25) is 0 Å². The predicted molar refractivity (Wildman–Crippen MR) is 64.3 cm³/mol. The number of methoxy groups -OCH3 is 1. The number of thiazole rings is 1. The van der Waals surface area contributed by atoms with E-state index in [4.69, 9.17) is 20.5 Å². The predicted octanol–water partition coefficient (Wildman–Crippen LogP) is 2.40. The fraction of sp³-hybridized carbons (Fsp3) is 0.0909. The number of benzene rings is 1. The molecule has 0 saturated heterocycles. The van der Waals surface area contributed by atoms with Crippen LogP contribution in [0, 0.1) is 11.3 Å². The number of rotatable bonds is 3. The summed E-state index contributed by atoms with van der Waals surface area (Å²) >= 11 is 1.24. The van der Waals surface area contributed by atoms with Gasteiger partial charge in [0.05, 0.1) is 24.9 Å². The summed E-state index contributed by atoms with van der Waals surface area (Å²) in [6.07, 6.45) is 1.52. The molecule has 5 nitrogen and oxygen atoms in total. The standard InChI is InChI=1S/C11H9N3O2S/c1-15-9-4-7(5-12)2-3-8(9)16-11-14-6-10(13)17-11/h2-4,6H,13H2,1H3. The molecular weight excluding hydrogens is 238 g/mol. The lowest BCUT2D eigenvalue weighted by atomic mass is 10.2. The molecule has 0 aliphatic rings. The Bertz CT molecular complexity index is 574. The van der Waals surface area contributed by atoms with Gasteiger partial charge in [0.25, 0.3) is 5.19 Å². The van der Waals surface area contributed by atoms with E-state index in [1.165, 1.54) is 24.6 Å². The molecule has 0 aliphatic carbocycles. The van der Waals surface area contributed by atoms with Crippen molar-refractivity contribution in [3.8, 4) is 22.8 Å². The van der Waals surface area contributed by atoms with Crippen LogP contribution < -0.4 is 15.2 Å².